The summed E-state index contributed by atoms with van der Waals surface area (Å²) in [6.45, 7) is -0.894. The molecule has 18 heteroatoms. The molecule has 38 heavy (non-hydrogen) atoms. The molecule has 12 nitrogen and oxygen atoms in total. The van der Waals surface area contributed by atoms with E-state index in [9.17, 15) is 26.8 Å². The molecule has 1 aromatic carbocycles. The molecule has 1 saturated heterocycles. The molecule has 0 radical (unpaired) electrons. The van der Waals surface area contributed by atoms with Crippen LogP contribution in [0.4, 0.5) is 0 Å². The predicted molar refractivity (Wildman–Crippen MR) is 148 cm³/mol. The number of nitrogens with one attached hydrogen (secondary N) is 2. The first-order chi connectivity index (χ1) is 17.5. The maximum absolute atomic E-state index is 13.5. The highest BCUT2D eigenvalue weighted by atomic mass is 35.5. The van der Waals surface area contributed by atoms with Crippen molar-refractivity contribution in [1.82, 2.24) is 29.3 Å². The van der Waals surface area contributed by atoms with Gasteiger partial charge in [0.25, 0.3) is 15.9 Å². The van der Waals surface area contributed by atoms with Crippen molar-refractivity contribution >= 4 is 73.9 Å². The number of piperazine rings is 1. The van der Waals surface area contributed by atoms with Crippen LogP contribution in [-0.2, 0) is 24.8 Å². The van der Waals surface area contributed by atoms with E-state index >= 15 is 0 Å². The third-order valence-electron chi connectivity index (χ3n) is 5.77. The Morgan fingerprint density at radius 1 is 1.21 bits per heavy atom. The number of sulfonamides is 2. The van der Waals surface area contributed by atoms with E-state index in [-0.39, 0.29) is 41.9 Å². The summed E-state index contributed by atoms with van der Waals surface area (Å²) in [5.74, 6) is -0.926. The zero-order chi connectivity index (χ0) is 26.8. The maximum Gasteiger partial charge on any atom is 0.263 e. The molecule has 2 atom stereocenters. The summed E-state index contributed by atoms with van der Waals surface area (Å²) in [5, 5.41) is 15.6. The normalized spacial score (nSPS) is 18.0. The number of hydrogen-bond acceptors (Lipinski definition) is 10. The zero-order valence-corrected chi connectivity index (χ0v) is 24.4. The van der Waals surface area contributed by atoms with Crippen molar-refractivity contribution < 1.29 is 26.8 Å². The van der Waals surface area contributed by atoms with E-state index in [1.54, 1.807) is 30.3 Å². The number of carbonyl (C=O) groups is 1. The lowest BCUT2D eigenvalue weighted by Gasteiger charge is -2.38. The van der Waals surface area contributed by atoms with Crippen molar-refractivity contribution in [1.29, 1.82) is 0 Å². The number of aromatic nitrogens is 3. The predicted octanol–water partition coefficient (Wildman–Crippen LogP) is 2.18. The smallest absolute Gasteiger partial charge is 0.263 e. The van der Waals surface area contributed by atoms with Gasteiger partial charge in [0, 0.05) is 29.5 Å². The van der Waals surface area contributed by atoms with Crippen LogP contribution < -0.4 is 5.48 Å². The van der Waals surface area contributed by atoms with Crippen LogP contribution >= 0.6 is 48.0 Å². The molecule has 0 spiro atoms. The van der Waals surface area contributed by atoms with Crippen molar-refractivity contribution in [2.24, 2.45) is 0 Å². The monoisotopic (exact) mass is 642 g/mol. The van der Waals surface area contributed by atoms with E-state index in [1.165, 1.54) is 17.9 Å². The third kappa shape index (κ3) is 6.68. The Bertz CT molecular complexity index is 1450. The van der Waals surface area contributed by atoms with Gasteiger partial charge in [-0.2, -0.15) is 26.3 Å². The minimum atomic E-state index is -4.19. The minimum absolute atomic E-state index is 0. The second-order valence-electron chi connectivity index (χ2n) is 8.08. The molecule has 0 saturated carbocycles. The second-order valence-corrected chi connectivity index (χ2v) is 14.4. The van der Waals surface area contributed by atoms with Crippen molar-refractivity contribution in [2.45, 2.75) is 21.9 Å². The number of halogens is 2. The Labute approximate surface area is 240 Å². The fourth-order valence-corrected chi connectivity index (χ4v) is 8.90. The molecular formula is C20H24Cl2N6O6S4. The van der Waals surface area contributed by atoms with Crippen LogP contribution in [0.2, 0.25) is 5.02 Å². The van der Waals surface area contributed by atoms with E-state index in [2.05, 4.69) is 27.8 Å². The Morgan fingerprint density at radius 2 is 1.92 bits per heavy atom. The molecule has 3 N–H and O–H groups in total. The number of aromatic amines is 1. The van der Waals surface area contributed by atoms with Crippen molar-refractivity contribution in [2.75, 3.05) is 25.4 Å². The Morgan fingerprint density at radius 3 is 2.55 bits per heavy atom. The van der Waals surface area contributed by atoms with Crippen LogP contribution in [0.15, 0.2) is 46.9 Å². The van der Waals surface area contributed by atoms with Gasteiger partial charge in [-0.25, -0.2) is 27.3 Å². The molecule has 1 amide bonds. The standard InChI is InChI=1S/C20H23ClN6O6S4.ClH/c21-14-3-1-13(2-4-14)17-5-6-18(35-17)37(32,33)27-9-8-26(11-15(27)20(28)25-29)36(30,31)10-7-16(34)19-22-12-23-24-19;/h1-6,12,15-16,29,34H,7-11H2,(H,25,28)(H,22,23,24);1H/t15-,16?;/m1./s1. The average molecular weight is 644 g/mol. The molecule has 3 aromatic rings. The number of carbonyl (C=O) groups excluding carboxylic acids is 1. The lowest BCUT2D eigenvalue weighted by Crippen LogP contribution is -2.61. The highest BCUT2D eigenvalue weighted by Gasteiger charge is 2.43. The summed E-state index contributed by atoms with van der Waals surface area (Å²) < 4.78 is 54.9. The SMILES string of the molecule is Cl.O=C(NO)[C@H]1CN(S(=O)(=O)CCC(S)c2ncn[nH]2)CCN1S(=O)(=O)c1ccc(-c2ccc(Cl)cc2)s1. The van der Waals surface area contributed by atoms with Gasteiger partial charge in [0.05, 0.1) is 11.0 Å². The van der Waals surface area contributed by atoms with Crippen LogP contribution in [0, 0.1) is 0 Å². The third-order valence-corrected chi connectivity index (χ3v) is 11.9. The molecule has 2 aromatic heterocycles. The van der Waals surface area contributed by atoms with Gasteiger partial charge in [-0.1, -0.05) is 23.7 Å². The second kappa shape index (κ2) is 12.6. The summed E-state index contributed by atoms with van der Waals surface area (Å²) in [6.07, 6.45) is 1.40. The number of hydroxylamine groups is 1. The molecule has 4 rings (SSSR count). The Kier molecular flexibility index (Phi) is 10.2. The quantitative estimate of drug-likeness (QED) is 0.157. The van der Waals surface area contributed by atoms with E-state index in [1.807, 2.05) is 0 Å². The van der Waals surface area contributed by atoms with Gasteiger partial charge in [0.1, 0.15) is 22.4 Å². The molecule has 208 valence electrons. The lowest BCUT2D eigenvalue weighted by molar-refractivity contribution is -0.134. The van der Waals surface area contributed by atoms with Gasteiger partial charge in [0.2, 0.25) is 10.0 Å². The lowest BCUT2D eigenvalue weighted by atomic mass is 10.2. The van der Waals surface area contributed by atoms with Crippen LogP contribution in [0.25, 0.3) is 10.4 Å². The molecule has 1 fully saturated rings. The number of H-pyrrole nitrogens is 1. The first-order valence-corrected chi connectivity index (χ1v) is 15.6. The number of benzene rings is 1. The van der Waals surface area contributed by atoms with Crippen molar-refractivity contribution in [3.8, 4) is 10.4 Å². The molecule has 0 bridgehead atoms. The van der Waals surface area contributed by atoms with Crippen LogP contribution in [0.5, 0.6) is 0 Å². The van der Waals surface area contributed by atoms with Gasteiger partial charge in [-0.05, 0) is 36.2 Å². The average Bonchev–Trinajstić information content (AvgIpc) is 3.60. The first kappa shape index (κ1) is 30.8. The van der Waals surface area contributed by atoms with E-state index in [0.717, 1.165) is 25.5 Å². The Hall–Kier alpha value is -1.76. The number of amides is 1. The van der Waals surface area contributed by atoms with Gasteiger partial charge in [-0.3, -0.25) is 15.1 Å². The van der Waals surface area contributed by atoms with Gasteiger partial charge in [0.15, 0.2) is 0 Å². The molecule has 1 aliphatic heterocycles. The molecule has 3 heterocycles. The van der Waals surface area contributed by atoms with E-state index < -0.39 is 43.8 Å². The number of rotatable bonds is 9. The van der Waals surface area contributed by atoms with Crippen LogP contribution in [0.3, 0.4) is 0 Å². The minimum Gasteiger partial charge on any atom is -0.289 e. The summed E-state index contributed by atoms with van der Waals surface area (Å²) in [5.41, 5.74) is 2.23. The van der Waals surface area contributed by atoms with E-state index in [4.69, 9.17) is 11.6 Å². The van der Waals surface area contributed by atoms with Crippen LogP contribution in [0.1, 0.15) is 17.5 Å². The van der Waals surface area contributed by atoms with Gasteiger partial charge in [-0.15, -0.1) is 23.7 Å². The molecule has 1 aliphatic rings. The highest BCUT2D eigenvalue weighted by Crippen LogP contribution is 2.34. The van der Waals surface area contributed by atoms with Crippen molar-refractivity contribution in [3.05, 3.63) is 53.6 Å². The summed E-state index contributed by atoms with van der Waals surface area (Å²) in [4.78, 5) is 17.1. The maximum atomic E-state index is 13.5. The summed E-state index contributed by atoms with van der Waals surface area (Å²) >= 11 is 11.3. The molecule has 1 unspecified atom stereocenters. The summed E-state index contributed by atoms with van der Waals surface area (Å²) in [6, 6.07) is 8.49. The topological polar surface area (TPSA) is 166 Å². The van der Waals surface area contributed by atoms with Gasteiger partial charge < -0.3 is 0 Å². The van der Waals surface area contributed by atoms with E-state index in [0.29, 0.717) is 15.7 Å². The largest absolute Gasteiger partial charge is 0.289 e. The number of thiol groups is 1. The van der Waals surface area contributed by atoms with Crippen LogP contribution in [-0.4, -0.2) is 83.2 Å². The fraction of sp³-hybridized carbons (Fsp3) is 0.350. The van der Waals surface area contributed by atoms with Crippen molar-refractivity contribution in [3.63, 3.8) is 0 Å². The number of nitrogens with zero attached hydrogens (tertiary/aromatic N) is 4. The fourth-order valence-electron chi connectivity index (χ4n) is 3.82. The summed E-state index contributed by atoms with van der Waals surface area (Å²) in [7, 11) is -8.07. The van der Waals surface area contributed by atoms with Gasteiger partial charge >= 0.3 is 0 Å². The number of hydrogen-bond donors (Lipinski definition) is 4. The first-order valence-electron chi connectivity index (χ1n) is 10.9. The number of thiophene rings is 1. The highest BCUT2D eigenvalue weighted by molar-refractivity contribution is 7.91. The zero-order valence-electron chi connectivity index (χ0n) is 19.5. The Balaban J connectivity index is 0.00000400. The molecular weight excluding hydrogens is 619 g/mol. The molecule has 0 aliphatic carbocycles.